The lowest BCUT2D eigenvalue weighted by Gasteiger charge is -2.23. The van der Waals surface area contributed by atoms with Crippen LogP contribution >= 0.6 is 23.2 Å². The molecule has 0 aromatic heterocycles. The molecule has 0 aliphatic carbocycles. The van der Waals surface area contributed by atoms with Crippen molar-refractivity contribution in [3.05, 3.63) is 100 Å². The Morgan fingerprint density at radius 1 is 0.889 bits per heavy atom. The van der Waals surface area contributed by atoms with Gasteiger partial charge in [-0.2, -0.15) is 0 Å². The molecule has 0 bridgehead atoms. The average molecular weight is 400 g/mol. The molecule has 1 atom stereocenters. The summed E-state index contributed by atoms with van der Waals surface area (Å²) in [6.07, 6.45) is -0.724. The second-order valence-corrected chi connectivity index (χ2v) is 6.94. The van der Waals surface area contributed by atoms with Gasteiger partial charge in [0, 0.05) is 5.02 Å². The molecule has 3 aromatic rings. The van der Waals surface area contributed by atoms with E-state index in [1.165, 1.54) is 0 Å². The van der Waals surface area contributed by atoms with Crippen LogP contribution in [0.25, 0.3) is 0 Å². The molecule has 0 fully saturated rings. The van der Waals surface area contributed by atoms with Gasteiger partial charge in [0.15, 0.2) is 6.10 Å². The van der Waals surface area contributed by atoms with Gasteiger partial charge in [0.1, 0.15) is 5.75 Å². The molecule has 3 rings (SSSR count). The number of benzene rings is 3. The van der Waals surface area contributed by atoms with Gasteiger partial charge in [-0.05, 0) is 36.2 Å². The molecule has 0 saturated carbocycles. The summed E-state index contributed by atoms with van der Waals surface area (Å²) in [6, 6.07) is 24.3. The minimum atomic E-state index is -0.724. The largest absolute Gasteiger partial charge is 0.479 e. The van der Waals surface area contributed by atoms with Crippen molar-refractivity contribution in [2.24, 2.45) is 0 Å². The molecule has 0 aliphatic rings. The second kappa shape index (κ2) is 8.94. The van der Waals surface area contributed by atoms with Crippen LogP contribution in [0.15, 0.2) is 78.9 Å². The first-order chi connectivity index (χ1) is 13.0. The van der Waals surface area contributed by atoms with E-state index in [4.69, 9.17) is 27.9 Å². The Balaban J connectivity index is 1.78. The maximum Gasteiger partial charge on any atom is 0.261 e. The van der Waals surface area contributed by atoms with Crippen LogP contribution in [0.3, 0.4) is 0 Å². The number of hydrogen-bond donors (Lipinski definition) is 1. The molecule has 0 unspecified atom stereocenters. The predicted octanol–water partition coefficient (Wildman–Crippen LogP) is 5.67. The first-order valence-electron chi connectivity index (χ1n) is 8.56. The molecule has 3 aromatic carbocycles. The number of rotatable bonds is 6. The Morgan fingerprint density at radius 3 is 1.96 bits per heavy atom. The molecule has 27 heavy (non-hydrogen) atoms. The summed E-state index contributed by atoms with van der Waals surface area (Å²) in [5.74, 6) is 0.179. The Labute approximate surface area is 168 Å². The topological polar surface area (TPSA) is 38.3 Å². The summed E-state index contributed by atoms with van der Waals surface area (Å²) in [5, 5.41) is 3.94. The minimum absolute atomic E-state index is 0.237. The summed E-state index contributed by atoms with van der Waals surface area (Å²) in [6.45, 7) is 1.69. The lowest BCUT2D eigenvalue weighted by atomic mass is 9.98. The predicted molar refractivity (Wildman–Crippen MR) is 109 cm³/mol. The zero-order valence-electron chi connectivity index (χ0n) is 14.7. The molecule has 138 valence electrons. The van der Waals surface area contributed by atoms with E-state index in [2.05, 4.69) is 5.32 Å². The summed E-state index contributed by atoms with van der Waals surface area (Å²) in [7, 11) is 0. The van der Waals surface area contributed by atoms with E-state index in [-0.39, 0.29) is 11.9 Å². The Morgan fingerprint density at radius 2 is 1.44 bits per heavy atom. The zero-order valence-corrected chi connectivity index (χ0v) is 16.2. The highest BCUT2D eigenvalue weighted by molar-refractivity contribution is 6.35. The number of hydrogen-bond acceptors (Lipinski definition) is 2. The molecule has 0 aliphatic heterocycles. The van der Waals surface area contributed by atoms with Gasteiger partial charge in [0.2, 0.25) is 0 Å². The van der Waals surface area contributed by atoms with E-state index in [1.54, 1.807) is 25.1 Å². The van der Waals surface area contributed by atoms with Gasteiger partial charge < -0.3 is 10.1 Å². The van der Waals surface area contributed by atoms with Gasteiger partial charge in [0.05, 0.1) is 11.1 Å². The van der Waals surface area contributed by atoms with Crippen molar-refractivity contribution in [2.75, 3.05) is 0 Å². The number of carbonyl (C=O) groups excluding carboxylic acids is 1. The van der Waals surface area contributed by atoms with Gasteiger partial charge in [-0.25, -0.2) is 0 Å². The van der Waals surface area contributed by atoms with Crippen LogP contribution in [0.5, 0.6) is 5.75 Å². The van der Waals surface area contributed by atoms with Crippen LogP contribution in [0.1, 0.15) is 24.1 Å². The van der Waals surface area contributed by atoms with Crippen molar-refractivity contribution < 1.29 is 9.53 Å². The van der Waals surface area contributed by atoms with Crippen molar-refractivity contribution in [3.8, 4) is 5.75 Å². The van der Waals surface area contributed by atoms with E-state index in [0.717, 1.165) is 11.1 Å². The van der Waals surface area contributed by atoms with E-state index < -0.39 is 6.10 Å². The Bertz CT molecular complexity index is 861. The standard InChI is InChI=1S/C22H19Cl2NO2/c1-15(27-20-13-12-18(23)14-19(20)24)22(26)25-21(16-8-4-2-5-9-16)17-10-6-3-7-11-17/h2-15,21H,1H3,(H,25,26)/t15-/m0/s1. The number of amides is 1. The molecule has 0 saturated heterocycles. The number of carbonyl (C=O) groups is 1. The van der Waals surface area contributed by atoms with E-state index in [9.17, 15) is 4.79 Å². The fourth-order valence-electron chi connectivity index (χ4n) is 2.72. The molecule has 3 nitrogen and oxygen atoms in total. The van der Waals surface area contributed by atoms with Crippen LogP contribution < -0.4 is 10.1 Å². The lowest BCUT2D eigenvalue weighted by Crippen LogP contribution is -2.39. The Hall–Kier alpha value is -2.49. The van der Waals surface area contributed by atoms with Crippen molar-refractivity contribution in [1.29, 1.82) is 0 Å². The highest BCUT2D eigenvalue weighted by atomic mass is 35.5. The monoisotopic (exact) mass is 399 g/mol. The summed E-state index contributed by atoms with van der Waals surface area (Å²) >= 11 is 12.0. The van der Waals surface area contributed by atoms with Crippen molar-refractivity contribution >= 4 is 29.1 Å². The second-order valence-electron chi connectivity index (χ2n) is 6.10. The highest BCUT2D eigenvalue weighted by Gasteiger charge is 2.22. The van der Waals surface area contributed by atoms with E-state index in [1.807, 2.05) is 60.7 Å². The summed E-state index contributed by atoms with van der Waals surface area (Å²) in [5.41, 5.74) is 1.99. The fourth-order valence-corrected chi connectivity index (χ4v) is 3.18. The fraction of sp³-hybridized carbons (Fsp3) is 0.136. The number of halogens is 2. The van der Waals surface area contributed by atoms with Crippen LogP contribution in [0, 0.1) is 0 Å². The normalized spacial score (nSPS) is 11.9. The highest BCUT2D eigenvalue weighted by Crippen LogP contribution is 2.28. The number of ether oxygens (including phenoxy) is 1. The van der Waals surface area contributed by atoms with Crippen molar-refractivity contribution in [3.63, 3.8) is 0 Å². The third-order valence-electron chi connectivity index (χ3n) is 4.12. The lowest BCUT2D eigenvalue weighted by molar-refractivity contribution is -0.127. The Kier molecular flexibility index (Phi) is 6.38. The molecular weight excluding hydrogens is 381 g/mol. The molecule has 1 N–H and O–H groups in total. The maximum atomic E-state index is 12.8. The van der Waals surface area contributed by atoms with E-state index in [0.29, 0.717) is 15.8 Å². The van der Waals surface area contributed by atoms with Crippen molar-refractivity contribution in [2.45, 2.75) is 19.1 Å². The van der Waals surface area contributed by atoms with Gasteiger partial charge in [-0.1, -0.05) is 83.9 Å². The zero-order chi connectivity index (χ0) is 19.2. The molecule has 5 heteroatoms. The van der Waals surface area contributed by atoms with Gasteiger partial charge in [-0.15, -0.1) is 0 Å². The van der Waals surface area contributed by atoms with Gasteiger partial charge in [0.25, 0.3) is 5.91 Å². The molecule has 1 amide bonds. The SMILES string of the molecule is C[C@H](Oc1ccc(Cl)cc1Cl)C(=O)NC(c1ccccc1)c1ccccc1. The molecule has 0 heterocycles. The first-order valence-corrected chi connectivity index (χ1v) is 9.32. The summed E-state index contributed by atoms with van der Waals surface area (Å²) in [4.78, 5) is 12.8. The third-order valence-corrected chi connectivity index (χ3v) is 4.65. The first kappa shape index (κ1) is 19.3. The molecule has 0 radical (unpaired) electrons. The van der Waals surface area contributed by atoms with E-state index >= 15 is 0 Å². The minimum Gasteiger partial charge on any atom is -0.479 e. The van der Waals surface area contributed by atoms with Crippen LogP contribution in [-0.2, 0) is 4.79 Å². The maximum absolute atomic E-state index is 12.8. The quantitative estimate of drug-likeness (QED) is 0.579. The van der Waals surface area contributed by atoms with Crippen LogP contribution in [-0.4, -0.2) is 12.0 Å². The van der Waals surface area contributed by atoms with Crippen molar-refractivity contribution in [1.82, 2.24) is 5.32 Å². The average Bonchev–Trinajstić information content (AvgIpc) is 2.69. The number of nitrogens with one attached hydrogen (secondary N) is 1. The van der Waals surface area contributed by atoms with Crippen LogP contribution in [0.4, 0.5) is 0 Å². The third kappa shape index (κ3) is 5.03. The van der Waals surface area contributed by atoms with Gasteiger partial charge in [-0.3, -0.25) is 4.79 Å². The molecular formula is C22H19Cl2NO2. The van der Waals surface area contributed by atoms with Gasteiger partial charge >= 0.3 is 0 Å². The van der Waals surface area contributed by atoms with Crippen LogP contribution in [0.2, 0.25) is 10.0 Å². The molecule has 0 spiro atoms. The smallest absolute Gasteiger partial charge is 0.261 e. The summed E-state index contributed by atoms with van der Waals surface area (Å²) < 4.78 is 5.73.